The molecule has 0 saturated carbocycles. The molecule has 0 radical (unpaired) electrons. The van der Waals surface area contributed by atoms with Crippen LogP contribution in [0.5, 0.6) is 0 Å². The van der Waals surface area contributed by atoms with Gasteiger partial charge in [-0.2, -0.15) is 0 Å². The smallest absolute Gasteiger partial charge is 0.259 e. The molecule has 0 aliphatic carbocycles. The van der Waals surface area contributed by atoms with E-state index in [1.54, 1.807) is 44.6 Å². The van der Waals surface area contributed by atoms with Gasteiger partial charge in [0.2, 0.25) is 11.8 Å². The first-order chi connectivity index (χ1) is 16.2. The molecule has 0 spiro atoms. The maximum atomic E-state index is 12.9. The van der Waals surface area contributed by atoms with Gasteiger partial charge in [0.05, 0.1) is 6.42 Å². The number of benzene rings is 1. The maximum Gasteiger partial charge on any atom is 0.259 e. The van der Waals surface area contributed by atoms with Crippen LogP contribution in [-0.2, 0) is 33.9 Å². The van der Waals surface area contributed by atoms with Crippen LogP contribution in [0, 0.1) is 0 Å². The van der Waals surface area contributed by atoms with Gasteiger partial charge in [-0.05, 0) is 29.7 Å². The highest BCUT2D eigenvalue weighted by Gasteiger charge is 2.39. The van der Waals surface area contributed by atoms with E-state index in [0.29, 0.717) is 24.1 Å². The molecule has 1 unspecified atom stereocenters. The third-order valence-electron chi connectivity index (χ3n) is 6.23. The molecule has 1 aromatic carbocycles. The SMILES string of the molecule is CN(C)C(=O)c1ccc[n+](CCC(=O)Cc2cccc3c2CN(C2CCC(=O)NC2=O)C3=O)c1. The zero-order valence-corrected chi connectivity index (χ0v) is 19.2. The van der Waals surface area contributed by atoms with Crippen LogP contribution in [0.3, 0.4) is 0 Å². The molecule has 2 aliphatic heterocycles. The molecule has 1 atom stereocenters. The summed E-state index contributed by atoms with van der Waals surface area (Å²) in [6.45, 7) is 0.678. The molecule has 9 heteroatoms. The number of aryl methyl sites for hydroxylation is 1. The number of carbonyl (C=O) groups is 5. The Kier molecular flexibility index (Phi) is 6.54. The number of aromatic nitrogens is 1. The van der Waals surface area contributed by atoms with Gasteiger partial charge in [0.25, 0.3) is 11.8 Å². The van der Waals surface area contributed by atoms with Gasteiger partial charge in [-0.25, -0.2) is 4.57 Å². The van der Waals surface area contributed by atoms with Crippen molar-refractivity contribution in [2.45, 2.75) is 44.8 Å². The van der Waals surface area contributed by atoms with Gasteiger partial charge < -0.3 is 9.80 Å². The van der Waals surface area contributed by atoms with Gasteiger partial charge >= 0.3 is 0 Å². The van der Waals surface area contributed by atoms with Gasteiger partial charge in [0.15, 0.2) is 18.9 Å². The van der Waals surface area contributed by atoms with E-state index in [1.165, 1.54) is 9.80 Å². The lowest BCUT2D eigenvalue weighted by atomic mass is 9.98. The summed E-state index contributed by atoms with van der Waals surface area (Å²) >= 11 is 0. The standard InChI is InChI=1S/C25H26N4O5/c1-27(2)24(33)17-6-4-11-28(14-17)12-10-18(30)13-16-5-3-7-19-20(16)15-29(25(19)34)21-8-9-22(31)26-23(21)32/h3-7,11,14,21H,8-10,12-13,15H2,1-2H3/p+1. The van der Waals surface area contributed by atoms with Crippen molar-refractivity contribution in [3.05, 3.63) is 65.0 Å². The largest absolute Gasteiger partial charge is 0.345 e. The Morgan fingerprint density at radius 3 is 2.68 bits per heavy atom. The number of hydrogen-bond donors (Lipinski definition) is 1. The number of nitrogens with zero attached hydrogens (tertiary/aromatic N) is 3. The summed E-state index contributed by atoms with van der Waals surface area (Å²) < 4.78 is 1.82. The van der Waals surface area contributed by atoms with Crippen molar-refractivity contribution in [1.82, 2.24) is 15.1 Å². The van der Waals surface area contributed by atoms with Crippen molar-refractivity contribution in [2.75, 3.05) is 14.1 Å². The Balaban J connectivity index is 1.42. The van der Waals surface area contributed by atoms with E-state index in [1.807, 2.05) is 16.8 Å². The van der Waals surface area contributed by atoms with Crippen LogP contribution in [-0.4, -0.2) is 59.3 Å². The first kappa shape index (κ1) is 23.3. The molecule has 2 aromatic rings. The lowest BCUT2D eigenvalue weighted by molar-refractivity contribution is -0.695. The van der Waals surface area contributed by atoms with Gasteiger partial charge in [-0.1, -0.05) is 12.1 Å². The third-order valence-corrected chi connectivity index (χ3v) is 6.23. The summed E-state index contributed by atoms with van der Waals surface area (Å²) in [5.41, 5.74) is 2.58. The maximum absolute atomic E-state index is 12.9. The Labute approximate surface area is 197 Å². The molecule has 0 bridgehead atoms. The topological polar surface area (TPSA) is 108 Å². The number of Topliss-reactive ketones (excluding diaryl/α,β-unsaturated/α-hetero) is 1. The highest BCUT2D eigenvalue weighted by molar-refractivity contribution is 6.05. The molecule has 1 aromatic heterocycles. The number of rotatable bonds is 7. The van der Waals surface area contributed by atoms with Crippen molar-refractivity contribution in [3.63, 3.8) is 0 Å². The second-order valence-electron chi connectivity index (χ2n) is 8.84. The van der Waals surface area contributed by atoms with Crippen LogP contribution in [0.4, 0.5) is 0 Å². The molecule has 1 N–H and O–H groups in total. The third kappa shape index (κ3) is 4.73. The number of nitrogens with one attached hydrogen (secondary N) is 1. The predicted octanol–water partition coefficient (Wildman–Crippen LogP) is 0.639. The number of carbonyl (C=O) groups excluding carboxylic acids is 5. The van der Waals surface area contributed by atoms with Crippen LogP contribution in [0.15, 0.2) is 42.7 Å². The lowest BCUT2D eigenvalue weighted by Crippen LogP contribution is -2.52. The fourth-order valence-electron chi connectivity index (χ4n) is 4.42. The van der Waals surface area contributed by atoms with Crippen LogP contribution < -0.4 is 9.88 Å². The Morgan fingerprint density at radius 1 is 1.15 bits per heavy atom. The molecule has 1 saturated heterocycles. The first-order valence-corrected chi connectivity index (χ1v) is 11.2. The molecular formula is C25H27N4O5+. The Morgan fingerprint density at radius 2 is 1.94 bits per heavy atom. The molecule has 4 amide bonds. The highest BCUT2D eigenvalue weighted by atomic mass is 16.2. The van der Waals surface area contributed by atoms with Gasteiger partial charge in [-0.3, -0.25) is 29.3 Å². The van der Waals surface area contributed by atoms with Crippen molar-refractivity contribution in [2.24, 2.45) is 0 Å². The minimum Gasteiger partial charge on any atom is -0.345 e. The van der Waals surface area contributed by atoms with E-state index < -0.39 is 11.9 Å². The highest BCUT2D eigenvalue weighted by Crippen LogP contribution is 2.30. The first-order valence-electron chi connectivity index (χ1n) is 11.2. The number of amides is 4. The number of piperidine rings is 1. The van der Waals surface area contributed by atoms with Crippen LogP contribution in [0.2, 0.25) is 0 Å². The van der Waals surface area contributed by atoms with Gasteiger partial charge in [-0.15, -0.1) is 0 Å². The zero-order chi connectivity index (χ0) is 24.4. The fourth-order valence-corrected chi connectivity index (χ4v) is 4.42. The van der Waals surface area contributed by atoms with E-state index in [-0.39, 0.29) is 49.3 Å². The summed E-state index contributed by atoms with van der Waals surface area (Å²) in [5.74, 6) is -1.13. The average Bonchev–Trinajstić information content (AvgIpc) is 3.14. The normalized spacial score (nSPS) is 17.4. The van der Waals surface area contributed by atoms with E-state index in [0.717, 1.165) is 11.1 Å². The number of ketones is 1. The second-order valence-corrected chi connectivity index (χ2v) is 8.84. The quantitative estimate of drug-likeness (QED) is 0.479. The molecule has 9 nitrogen and oxygen atoms in total. The Bertz CT molecular complexity index is 1190. The van der Waals surface area contributed by atoms with Crippen molar-refractivity contribution < 1.29 is 28.5 Å². The monoisotopic (exact) mass is 463 g/mol. The van der Waals surface area contributed by atoms with Crippen LogP contribution in [0.1, 0.15) is 51.1 Å². The lowest BCUT2D eigenvalue weighted by Gasteiger charge is -2.29. The number of fused-ring (bicyclic) bond motifs is 1. The summed E-state index contributed by atoms with van der Waals surface area (Å²) in [6, 6.07) is 8.12. The minimum absolute atomic E-state index is 0.0112. The summed E-state index contributed by atoms with van der Waals surface area (Å²) in [6.07, 6.45) is 4.49. The molecule has 4 rings (SSSR count). The molecule has 176 valence electrons. The fraction of sp³-hybridized carbons (Fsp3) is 0.360. The summed E-state index contributed by atoms with van der Waals surface area (Å²) in [4.78, 5) is 64.6. The average molecular weight is 464 g/mol. The summed E-state index contributed by atoms with van der Waals surface area (Å²) in [7, 11) is 3.38. The van der Waals surface area contributed by atoms with E-state index >= 15 is 0 Å². The number of pyridine rings is 1. The molecule has 2 aliphatic rings. The van der Waals surface area contributed by atoms with Crippen molar-refractivity contribution >= 4 is 29.4 Å². The van der Waals surface area contributed by atoms with Gasteiger partial charge in [0.1, 0.15) is 17.4 Å². The van der Waals surface area contributed by atoms with E-state index in [9.17, 15) is 24.0 Å². The molecular weight excluding hydrogens is 436 g/mol. The molecule has 1 fully saturated rings. The van der Waals surface area contributed by atoms with Gasteiger partial charge in [0, 0.05) is 45.1 Å². The zero-order valence-electron chi connectivity index (χ0n) is 19.2. The Hall–Kier alpha value is -3.88. The summed E-state index contributed by atoms with van der Waals surface area (Å²) in [5, 5.41) is 2.30. The van der Waals surface area contributed by atoms with Crippen LogP contribution >= 0.6 is 0 Å². The van der Waals surface area contributed by atoms with E-state index in [2.05, 4.69) is 5.32 Å². The molecule has 3 heterocycles. The van der Waals surface area contributed by atoms with Crippen LogP contribution in [0.25, 0.3) is 0 Å². The number of imide groups is 1. The molecule has 34 heavy (non-hydrogen) atoms. The second kappa shape index (κ2) is 9.54. The van der Waals surface area contributed by atoms with Crippen molar-refractivity contribution in [3.8, 4) is 0 Å². The predicted molar refractivity (Wildman–Crippen MR) is 120 cm³/mol. The minimum atomic E-state index is -0.685. The number of hydrogen-bond acceptors (Lipinski definition) is 5. The van der Waals surface area contributed by atoms with Crippen molar-refractivity contribution in [1.29, 1.82) is 0 Å². The van der Waals surface area contributed by atoms with E-state index in [4.69, 9.17) is 0 Å².